The molecule has 1 aliphatic heterocycles. The number of anilines is 1. The molecule has 124 valence electrons. The maximum Gasteiger partial charge on any atom is 0.227 e. The van der Waals surface area contributed by atoms with Crippen molar-refractivity contribution in [1.82, 2.24) is 5.32 Å². The van der Waals surface area contributed by atoms with Crippen molar-refractivity contribution in [3.63, 3.8) is 0 Å². The quantitative estimate of drug-likeness (QED) is 0.897. The van der Waals surface area contributed by atoms with E-state index in [9.17, 15) is 9.59 Å². The summed E-state index contributed by atoms with van der Waals surface area (Å²) in [5.41, 5.74) is 0.581. The monoisotopic (exact) mass is 354 g/mol. The fourth-order valence-corrected chi connectivity index (χ4v) is 3.76. The molecule has 1 aromatic carbocycles. The highest BCUT2D eigenvalue weighted by atomic mass is 35.5. The number of carbonyl (C=O) groups is 2. The Morgan fingerprint density at radius 2 is 1.91 bits per heavy atom. The first-order chi connectivity index (χ1) is 11.0. The average Bonchev–Trinajstić information content (AvgIpc) is 2.92. The fourth-order valence-electron chi connectivity index (χ4n) is 3.37. The Labute approximate surface area is 146 Å². The molecule has 1 heterocycles. The van der Waals surface area contributed by atoms with Gasteiger partial charge in [-0.1, -0.05) is 42.5 Å². The molecule has 2 amide bonds. The number of hydrogen-bond acceptors (Lipinski definition) is 2. The van der Waals surface area contributed by atoms with Crippen molar-refractivity contribution in [1.29, 1.82) is 0 Å². The number of halogens is 2. The molecule has 0 spiro atoms. The van der Waals surface area contributed by atoms with Crippen LogP contribution in [-0.4, -0.2) is 24.4 Å². The van der Waals surface area contributed by atoms with Crippen LogP contribution in [0.4, 0.5) is 5.69 Å². The Hall–Kier alpha value is -1.26. The Balaban J connectivity index is 1.67. The van der Waals surface area contributed by atoms with E-state index >= 15 is 0 Å². The predicted molar refractivity (Wildman–Crippen MR) is 91.9 cm³/mol. The van der Waals surface area contributed by atoms with Gasteiger partial charge in [-0.05, 0) is 31.0 Å². The zero-order valence-electron chi connectivity index (χ0n) is 12.9. The zero-order valence-corrected chi connectivity index (χ0v) is 14.4. The number of benzene rings is 1. The summed E-state index contributed by atoms with van der Waals surface area (Å²) in [4.78, 5) is 26.3. The van der Waals surface area contributed by atoms with E-state index in [0.717, 1.165) is 12.8 Å². The first-order valence-electron chi connectivity index (χ1n) is 8.10. The minimum absolute atomic E-state index is 0.0223. The third kappa shape index (κ3) is 3.81. The van der Waals surface area contributed by atoms with Crippen LogP contribution in [0.3, 0.4) is 0 Å². The van der Waals surface area contributed by atoms with Crippen molar-refractivity contribution in [3.05, 3.63) is 28.2 Å². The molecule has 1 aromatic rings. The highest BCUT2D eigenvalue weighted by Crippen LogP contribution is 2.33. The molecule has 0 bridgehead atoms. The van der Waals surface area contributed by atoms with E-state index in [-0.39, 0.29) is 30.2 Å². The second-order valence-corrected chi connectivity index (χ2v) is 7.19. The van der Waals surface area contributed by atoms with E-state index in [4.69, 9.17) is 23.2 Å². The highest BCUT2D eigenvalue weighted by molar-refractivity contribution is 6.35. The van der Waals surface area contributed by atoms with Crippen LogP contribution < -0.4 is 10.2 Å². The summed E-state index contributed by atoms with van der Waals surface area (Å²) in [6.45, 7) is 0.359. The number of nitrogens with zero attached hydrogens (tertiary/aromatic N) is 1. The standard InChI is InChI=1S/C17H20Cl2N2O2/c18-12-6-7-14(19)15(9-12)21-10-11(8-16(21)22)17(23)20-13-4-2-1-3-5-13/h6-7,9,11,13H,1-5,8,10H2,(H,20,23)/t11-/m1/s1. The summed E-state index contributed by atoms with van der Waals surface area (Å²) in [6.07, 6.45) is 5.88. The summed E-state index contributed by atoms with van der Waals surface area (Å²) in [5.74, 6) is -0.427. The molecule has 0 radical (unpaired) electrons. The largest absolute Gasteiger partial charge is 0.353 e. The van der Waals surface area contributed by atoms with E-state index in [1.807, 2.05) is 0 Å². The Morgan fingerprint density at radius 3 is 2.65 bits per heavy atom. The van der Waals surface area contributed by atoms with Crippen LogP contribution in [-0.2, 0) is 9.59 Å². The van der Waals surface area contributed by atoms with Gasteiger partial charge in [-0.2, -0.15) is 0 Å². The van der Waals surface area contributed by atoms with Gasteiger partial charge < -0.3 is 10.2 Å². The molecular weight excluding hydrogens is 335 g/mol. The molecule has 0 aromatic heterocycles. The van der Waals surface area contributed by atoms with Crippen molar-refractivity contribution in [2.75, 3.05) is 11.4 Å². The maximum absolute atomic E-state index is 12.4. The van der Waals surface area contributed by atoms with E-state index in [1.54, 1.807) is 23.1 Å². The molecule has 2 fully saturated rings. The molecule has 1 saturated heterocycles. The fraction of sp³-hybridized carbons (Fsp3) is 0.529. The van der Waals surface area contributed by atoms with Gasteiger partial charge in [-0.15, -0.1) is 0 Å². The SMILES string of the molecule is O=C(NC1CCCCC1)[C@@H]1CC(=O)N(c2cc(Cl)ccc2Cl)C1. The summed E-state index contributed by atoms with van der Waals surface area (Å²) in [6, 6.07) is 5.28. The van der Waals surface area contributed by atoms with Crippen LogP contribution in [0.1, 0.15) is 38.5 Å². The van der Waals surface area contributed by atoms with Crippen molar-refractivity contribution in [3.8, 4) is 0 Å². The van der Waals surface area contributed by atoms with E-state index in [1.165, 1.54) is 19.3 Å². The van der Waals surface area contributed by atoms with Crippen LogP contribution in [0.15, 0.2) is 18.2 Å². The molecule has 0 unspecified atom stereocenters. The third-order valence-electron chi connectivity index (χ3n) is 4.65. The van der Waals surface area contributed by atoms with Gasteiger partial charge >= 0.3 is 0 Å². The number of hydrogen-bond donors (Lipinski definition) is 1. The van der Waals surface area contributed by atoms with Gasteiger partial charge in [-0.25, -0.2) is 0 Å². The highest BCUT2D eigenvalue weighted by Gasteiger charge is 2.36. The predicted octanol–water partition coefficient (Wildman–Crippen LogP) is 3.80. The van der Waals surface area contributed by atoms with Gasteiger partial charge in [0.05, 0.1) is 16.6 Å². The first-order valence-corrected chi connectivity index (χ1v) is 8.86. The lowest BCUT2D eigenvalue weighted by atomic mass is 9.95. The molecular formula is C17H20Cl2N2O2. The van der Waals surface area contributed by atoms with Gasteiger partial charge in [0.1, 0.15) is 0 Å². The normalized spacial score (nSPS) is 22.4. The van der Waals surface area contributed by atoms with E-state index in [2.05, 4.69) is 5.32 Å². The third-order valence-corrected chi connectivity index (χ3v) is 5.20. The van der Waals surface area contributed by atoms with Crippen LogP contribution in [0.2, 0.25) is 10.0 Å². The summed E-state index contributed by atoms with van der Waals surface area (Å²) >= 11 is 12.2. The van der Waals surface area contributed by atoms with Crippen LogP contribution in [0, 0.1) is 5.92 Å². The van der Waals surface area contributed by atoms with Crippen molar-refractivity contribution >= 4 is 40.7 Å². The maximum atomic E-state index is 12.4. The lowest BCUT2D eigenvalue weighted by Gasteiger charge is -2.24. The second-order valence-electron chi connectivity index (χ2n) is 6.34. The molecule has 3 rings (SSSR count). The molecule has 4 nitrogen and oxygen atoms in total. The number of carbonyl (C=O) groups excluding carboxylic acids is 2. The molecule has 1 saturated carbocycles. The van der Waals surface area contributed by atoms with Crippen molar-refractivity contribution in [2.45, 2.75) is 44.6 Å². The van der Waals surface area contributed by atoms with Gasteiger partial charge in [0.25, 0.3) is 0 Å². The minimum Gasteiger partial charge on any atom is -0.353 e. The Morgan fingerprint density at radius 1 is 1.17 bits per heavy atom. The molecule has 23 heavy (non-hydrogen) atoms. The Bertz CT molecular complexity index is 615. The van der Waals surface area contributed by atoms with Crippen LogP contribution >= 0.6 is 23.2 Å². The molecule has 1 aliphatic carbocycles. The number of amides is 2. The average molecular weight is 355 g/mol. The summed E-state index contributed by atoms with van der Waals surface area (Å²) in [7, 11) is 0. The lowest BCUT2D eigenvalue weighted by molar-refractivity contribution is -0.127. The number of nitrogens with one attached hydrogen (secondary N) is 1. The minimum atomic E-state index is -0.320. The lowest BCUT2D eigenvalue weighted by Crippen LogP contribution is -2.40. The smallest absolute Gasteiger partial charge is 0.227 e. The van der Waals surface area contributed by atoms with Crippen molar-refractivity contribution < 1.29 is 9.59 Å². The van der Waals surface area contributed by atoms with Crippen LogP contribution in [0.25, 0.3) is 0 Å². The van der Waals surface area contributed by atoms with Gasteiger partial charge in [0, 0.05) is 24.0 Å². The van der Waals surface area contributed by atoms with Gasteiger partial charge in [-0.3, -0.25) is 9.59 Å². The summed E-state index contributed by atoms with van der Waals surface area (Å²) in [5, 5.41) is 4.09. The van der Waals surface area contributed by atoms with Crippen LogP contribution in [0.5, 0.6) is 0 Å². The zero-order chi connectivity index (χ0) is 16.4. The molecule has 2 aliphatic rings. The number of rotatable bonds is 3. The first kappa shape index (κ1) is 16.6. The second kappa shape index (κ2) is 7.10. The molecule has 6 heteroatoms. The summed E-state index contributed by atoms with van der Waals surface area (Å²) < 4.78 is 0. The van der Waals surface area contributed by atoms with Crippen molar-refractivity contribution in [2.24, 2.45) is 5.92 Å². The van der Waals surface area contributed by atoms with E-state index in [0.29, 0.717) is 22.3 Å². The molecule has 1 N–H and O–H groups in total. The van der Waals surface area contributed by atoms with Gasteiger partial charge in [0.2, 0.25) is 11.8 Å². The topological polar surface area (TPSA) is 49.4 Å². The molecule has 1 atom stereocenters. The van der Waals surface area contributed by atoms with Gasteiger partial charge in [0.15, 0.2) is 0 Å². The Kier molecular flexibility index (Phi) is 5.12. The van der Waals surface area contributed by atoms with E-state index < -0.39 is 0 Å².